The number of hydrogen-bond donors (Lipinski definition) is 4. The van der Waals surface area contributed by atoms with Crippen molar-refractivity contribution in [3.63, 3.8) is 0 Å². The summed E-state index contributed by atoms with van der Waals surface area (Å²) < 4.78 is 0. The molecule has 10 nitrogen and oxygen atoms in total. The Balaban J connectivity index is 1.04. The second-order valence-corrected chi connectivity index (χ2v) is 15.6. The van der Waals surface area contributed by atoms with E-state index in [4.69, 9.17) is 0 Å². The van der Waals surface area contributed by atoms with Gasteiger partial charge in [0.05, 0.1) is 17.6 Å². The number of aliphatic imine (C=N–C) groups is 1. The topological polar surface area (TPSA) is 118 Å². The Kier molecular flexibility index (Phi) is 16.4. The predicted octanol–water partition coefficient (Wildman–Crippen LogP) is 8.93. The molecule has 0 aliphatic carbocycles. The molecule has 0 radical (unpaired) electrons. The van der Waals surface area contributed by atoms with Crippen molar-refractivity contribution in [2.75, 3.05) is 33.2 Å². The maximum atomic E-state index is 14.1. The van der Waals surface area contributed by atoms with Crippen molar-refractivity contribution >= 4 is 24.2 Å². The number of H-pyrrole nitrogens is 1. The van der Waals surface area contributed by atoms with Crippen molar-refractivity contribution < 1.29 is 9.59 Å². The van der Waals surface area contributed by atoms with E-state index in [1.807, 2.05) is 83.7 Å². The summed E-state index contributed by atoms with van der Waals surface area (Å²) in [5.41, 5.74) is 8.00. The van der Waals surface area contributed by atoms with Gasteiger partial charge in [-0.1, -0.05) is 136 Å². The average molecular weight is 807 g/mol. The number of aromatic amines is 1. The van der Waals surface area contributed by atoms with Gasteiger partial charge in [0.15, 0.2) is 0 Å². The molecule has 1 fully saturated rings. The number of aryl methyl sites for hydroxylation is 1. The van der Waals surface area contributed by atoms with E-state index < -0.39 is 6.04 Å². The molecule has 3 atom stereocenters. The number of likely N-dealkylation sites (N-methyl/N-ethyl adjacent to an activating group) is 1. The molecular formula is C50H62N8O2. The number of imidazole rings is 1. The van der Waals surface area contributed by atoms with Crippen LogP contribution in [0.15, 0.2) is 127 Å². The highest BCUT2D eigenvalue weighted by Crippen LogP contribution is 2.28. The smallest absolute Gasteiger partial charge is 0.245 e. The van der Waals surface area contributed by atoms with E-state index in [1.54, 1.807) is 6.20 Å². The Hall–Kier alpha value is -5.84. The predicted molar refractivity (Wildman–Crippen MR) is 245 cm³/mol. The van der Waals surface area contributed by atoms with Crippen LogP contribution in [0.5, 0.6) is 0 Å². The summed E-state index contributed by atoms with van der Waals surface area (Å²) in [6, 6.07) is 36.1. The first-order chi connectivity index (χ1) is 29.4. The summed E-state index contributed by atoms with van der Waals surface area (Å²) in [7, 11) is 1.89. The van der Waals surface area contributed by atoms with Crippen molar-refractivity contribution in [3.8, 4) is 22.4 Å². The van der Waals surface area contributed by atoms with Crippen LogP contribution >= 0.6 is 0 Å². The molecule has 2 amide bonds. The van der Waals surface area contributed by atoms with E-state index in [9.17, 15) is 9.59 Å². The van der Waals surface area contributed by atoms with E-state index in [-0.39, 0.29) is 24.0 Å². The second-order valence-electron chi connectivity index (χ2n) is 15.6. The lowest BCUT2D eigenvalue weighted by atomic mass is 10.0. The molecule has 314 valence electrons. The Morgan fingerprint density at radius 2 is 1.42 bits per heavy atom. The minimum Gasteiger partial charge on any atom is -0.363 e. The van der Waals surface area contributed by atoms with Crippen LogP contribution in [0.1, 0.15) is 93.4 Å². The Labute approximate surface area is 356 Å². The third-order valence-electron chi connectivity index (χ3n) is 11.2. The normalized spacial score (nSPS) is 15.1. The van der Waals surface area contributed by atoms with E-state index in [1.165, 1.54) is 0 Å². The van der Waals surface area contributed by atoms with E-state index in [2.05, 4.69) is 100 Å². The molecular weight excluding hydrogens is 745 g/mol. The average Bonchev–Trinajstić information content (AvgIpc) is 3.97. The maximum Gasteiger partial charge on any atom is 0.245 e. The number of unbranched alkanes of at least 4 members (excludes halogenated alkanes) is 2. The fourth-order valence-corrected chi connectivity index (χ4v) is 7.78. The van der Waals surface area contributed by atoms with Crippen LogP contribution in [-0.2, 0) is 16.0 Å². The Morgan fingerprint density at radius 1 is 0.833 bits per heavy atom. The summed E-state index contributed by atoms with van der Waals surface area (Å²) in [6.07, 6.45) is 11.0. The van der Waals surface area contributed by atoms with Crippen LogP contribution in [0, 0.1) is 0 Å². The monoisotopic (exact) mass is 806 g/mol. The first-order valence-electron chi connectivity index (χ1n) is 21.7. The minimum absolute atomic E-state index is 0.0850. The highest BCUT2D eigenvalue weighted by molar-refractivity contribution is 5.84. The number of benzene rings is 4. The second kappa shape index (κ2) is 22.5. The number of amides is 2. The Bertz CT molecular complexity index is 2120. The zero-order valence-electron chi connectivity index (χ0n) is 35.6. The van der Waals surface area contributed by atoms with Gasteiger partial charge in [-0.25, -0.2) is 4.98 Å². The summed E-state index contributed by atoms with van der Waals surface area (Å²) >= 11 is 0. The van der Waals surface area contributed by atoms with Gasteiger partial charge in [-0.05, 0) is 85.3 Å². The van der Waals surface area contributed by atoms with Gasteiger partial charge in [0.1, 0.15) is 24.1 Å². The number of likely N-dealkylation sites (tertiary alicyclic amines) is 1. The van der Waals surface area contributed by atoms with Crippen molar-refractivity contribution in [2.45, 2.75) is 83.5 Å². The molecule has 1 aliphatic rings. The Morgan fingerprint density at radius 3 is 2.03 bits per heavy atom. The van der Waals surface area contributed by atoms with Crippen molar-refractivity contribution in [2.24, 2.45) is 4.99 Å². The zero-order valence-corrected chi connectivity index (χ0v) is 35.6. The number of rotatable bonds is 22. The third kappa shape index (κ3) is 11.7. The molecule has 4 N–H and O–H groups in total. The molecule has 5 aromatic rings. The van der Waals surface area contributed by atoms with Crippen molar-refractivity contribution in [1.82, 2.24) is 35.7 Å². The number of carbonyl (C=O) groups is 2. The molecule has 60 heavy (non-hydrogen) atoms. The highest BCUT2D eigenvalue weighted by atomic mass is 16.2. The van der Waals surface area contributed by atoms with Gasteiger partial charge in [-0.2, -0.15) is 0 Å². The molecule has 0 saturated carbocycles. The number of nitrogens with zero attached hydrogens (tertiary/aromatic N) is 4. The summed E-state index contributed by atoms with van der Waals surface area (Å²) in [6.45, 7) is 11.0. The van der Waals surface area contributed by atoms with Gasteiger partial charge in [0.25, 0.3) is 0 Å². The zero-order chi connectivity index (χ0) is 42.1. The van der Waals surface area contributed by atoms with E-state index >= 15 is 0 Å². The van der Waals surface area contributed by atoms with E-state index in [0.29, 0.717) is 13.1 Å². The lowest BCUT2D eigenvalue weighted by Crippen LogP contribution is -2.48. The van der Waals surface area contributed by atoms with Crippen LogP contribution in [0.3, 0.4) is 0 Å². The number of carbonyl (C=O) groups excluding carboxylic acids is 2. The lowest BCUT2D eigenvalue weighted by Gasteiger charge is -2.31. The molecule has 1 aromatic heterocycles. The molecule has 1 unspecified atom stereocenters. The van der Waals surface area contributed by atoms with Crippen molar-refractivity contribution in [3.05, 3.63) is 144 Å². The van der Waals surface area contributed by atoms with Crippen LogP contribution < -0.4 is 16.0 Å². The van der Waals surface area contributed by atoms with Crippen LogP contribution in [0.25, 0.3) is 28.1 Å². The van der Waals surface area contributed by atoms with Crippen LogP contribution in [-0.4, -0.2) is 77.7 Å². The largest absolute Gasteiger partial charge is 0.363 e. The quantitative estimate of drug-likeness (QED) is 0.0410. The first kappa shape index (κ1) is 43.7. The molecule has 6 rings (SSSR count). The molecule has 10 heteroatoms. The molecule has 1 aliphatic heterocycles. The van der Waals surface area contributed by atoms with Crippen molar-refractivity contribution in [1.29, 1.82) is 0 Å². The maximum absolute atomic E-state index is 14.1. The van der Waals surface area contributed by atoms with E-state index in [0.717, 1.165) is 115 Å². The summed E-state index contributed by atoms with van der Waals surface area (Å²) in [5, 5.41) is 10.6. The number of aromatic nitrogens is 2. The lowest BCUT2D eigenvalue weighted by molar-refractivity contribution is -0.135. The molecule has 1 saturated heterocycles. The van der Waals surface area contributed by atoms with Gasteiger partial charge >= 0.3 is 0 Å². The molecule has 4 aromatic carbocycles. The molecule has 0 spiro atoms. The van der Waals surface area contributed by atoms with Gasteiger partial charge in [0.2, 0.25) is 11.8 Å². The van der Waals surface area contributed by atoms with Crippen LogP contribution in [0.4, 0.5) is 0 Å². The van der Waals surface area contributed by atoms with Gasteiger partial charge < -0.3 is 30.7 Å². The number of nitrogens with one attached hydrogen (secondary N) is 4. The molecule has 0 bridgehead atoms. The third-order valence-corrected chi connectivity index (χ3v) is 11.2. The summed E-state index contributed by atoms with van der Waals surface area (Å²) in [5.74, 6) is 1.08. The first-order valence-corrected chi connectivity index (χ1v) is 21.7. The van der Waals surface area contributed by atoms with Gasteiger partial charge in [0, 0.05) is 32.8 Å². The fourth-order valence-electron chi connectivity index (χ4n) is 7.78. The number of hydrogen-bond acceptors (Lipinski definition) is 7. The standard InChI is InChI=1S/C50H62N8O2/c1-5-7-31-52-47(41-17-11-9-12-18-41)49(59)57(4)33-15-21-45-54-36-44(55-45)40-29-25-38(26-30-40)37-23-27-39(28-24-37)43(35-51-3)56-46-22-16-34-58(46)50(60)48(53-32-8-6-2)42-19-13-10-14-20-42/h9-14,17-20,23-30,35-36,46-48,52-53,56H,3,5-8,15-16,21-22,31-34H2,1-2,4H3,(H,54,55)/b43-35-/t46?,47-,48-/m1/s1. The van der Waals surface area contributed by atoms with Gasteiger partial charge in [-0.3, -0.25) is 14.6 Å². The molecule has 2 heterocycles. The highest BCUT2D eigenvalue weighted by Gasteiger charge is 2.34. The van der Waals surface area contributed by atoms with Gasteiger partial charge in [-0.15, -0.1) is 0 Å². The minimum atomic E-state index is -0.390. The summed E-state index contributed by atoms with van der Waals surface area (Å²) in [4.78, 5) is 43.6. The fraction of sp³-hybridized carbons (Fsp3) is 0.360. The SMILES string of the molecule is C=N/C=C(\NC1CCCN1C(=O)[C@H](NCCCC)c1ccccc1)c1ccc(-c2ccc(-c3cnc(CCCN(C)C(=O)[C@H](NCCCC)c4ccccc4)[nH]3)cc2)cc1. The van der Waals surface area contributed by atoms with Crippen LogP contribution in [0.2, 0.25) is 0 Å².